The summed E-state index contributed by atoms with van der Waals surface area (Å²) < 4.78 is 14.2. The number of ketones is 1. The van der Waals surface area contributed by atoms with Gasteiger partial charge < -0.3 is 0 Å². The van der Waals surface area contributed by atoms with E-state index in [0.717, 1.165) is 30.1 Å². The topological polar surface area (TPSA) is 17.1 Å². The Morgan fingerprint density at radius 2 is 1.70 bits per heavy atom. The van der Waals surface area contributed by atoms with Crippen molar-refractivity contribution in [1.29, 1.82) is 0 Å². The first kappa shape index (κ1) is 20.7. The molecular formula is C28H39FO. The maximum absolute atomic E-state index is 14.2. The highest BCUT2D eigenvalue weighted by atomic mass is 19.1. The van der Waals surface area contributed by atoms with Crippen molar-refractivity contribution in [3.05, 3.63) is 35.6 Å². The van der Waals surface area contributed by atoms with E-state index >= 15 is 0 Å². The number of carbonyl (C=O) groups excluding carboxylic acids is 1. The summed E-state index contributed by atoms with van der Waals surface area (Å²) in [5.74, 6) is 4.38. The minimum Gasteiger partial charge on any atom is -0.299 e. The van der Waals surface area contributed by atoms with Crippen molar-refractivity contribution in [2.75, 3.05) is 0 Å². The minimum atomic E-state index is -0.230. The molecule has 0 aliphatic heterocycles. The predicted octanol–water partition coefficient (Wildman–Crippen LogP) is 7.23. The molecule has 0 spiro atoms. The zero-order valence-electron chi connectivity index (χ0n) is 19.1. The highest BCUT2D eigenvalue weighted by Gasteiger charge is 2.60. The maximum Gasteiger partial charge on any atom is 0.140 e. The second kappa shape index (κ2) is 7.45. The molecule has 4 saturated carbocycles. The van der Waals surface area contributed by atoms with Gasteiger partial charge in [-0.3, -0.25) is 4.79 Å². The Morgan fingerprint density at radius 1 is 0.967 bits per heavy atom. The average molecular weight is 411 g/mol. The molecule has 8 atom stereocenters. The summed E-state index contributed by atoms with van der Waals surface area (Å²) in [4.78, 5) is 13.3. The van der Waals surface area contributed by atoms with E-state index in [1.807, 2.05) is 6.07 Å². The smallest absolute Gasteiger partial charge is 0.140 e. The van der Waals surface area contributed by atoms with Gasteiger partial charge in [-0.1, -0.05) is 45.4 Å². The largest absolute Gasteiger partial charge is 0.299 e. The van der Waals surface area contributed by atoms with Gasteiger partial charge in [0.05, 0.1) is 0 Å². The van der Waals surface area contributed by atoms with Crippen LogP contribution < -0.4 is 0 Å². The summed E-state index contributed by atoms with van der Waals surface area (Å²) in [6.07, 6.45) is 12.1. The monoisotopic (exact) mass is 410 g/mol. The lowest BCUT2D eigenvalue weighted by atomic mass is 9.44. The molecule has 0 amide bonds. The number of fused-ring (bicyclic) bond motifs is 5. The average Bonchev–Trinajstić information content (AvgIpc) is 3.07. The van der Waals surface area contributed by atoms with Crippen LogP contribution in [0.1, 0.15) is 84.1 Å². The summed E-state index contributed by atoms with van der Waals surface area (Å²) in [5.41, 5.74) is 1.24. The number of rotatable bonds is 3. The van der Waals surface area contributed by atoms with Crippen LogP contribution in [0.15, 0.2) is 24.3 Å². The van der Waals surface area contributed by atoms with E-state index in [2.05, 4.69) is 20.8 Å². The van der Waals surface area contributed by atoms with E-state index < -0.39 is 0 Å². The molecule has 164 valence electrons. The van der Waals surface area contributed by atoms with Gasteiger partial charge in [-0.05, 0) is 103 Å². The van der Waals surface area contributed by atoms with Crippen molar-refractivity contribution >= 4 is 5.78 Å². The van der Waals surface area contributed by atoms with E-state index in [1.54, 1.807) is 12.1 Å². The highest BCUT2D eigenvalue weighted by molar-refractivity contribution is 5.84. The molecule has 30 heavy (non-hydrogen) atoms. The second-order valence-corrected chi connectivity index (χ2v) is 11.9. The highest BCUT2D eigenvalue weighted by Crippen LogP contribution is 2.67. The molecule has 0 radical (unpaired) electrons. The zero-order valence-corrected chi connectivity index (χ0v) is 19.1. The van der Waals surface area contributed by atoms with Crippen LogP contribution in [0.4, 0.5) is 4.39 Å². The van der Waals surface area contributed by atoms with Crippen LogP contribution in [0.2, 0.25) is 0 Å². The van der Waals surface area contributed by atoms with Crippen molar-refractivity contribution in [3.8, 4) is 0 Å². The number of carbonyl (C=O) groups is 1. The number of hydrogen-bond acceptors (Lipinski definition) is 1. The third kappa shape index (κ3) is 3.11. The quantitative estimate of drug-likeness (QED) is 0.513. The molecule has 4 fully saturated rings. The maximum atomic E-state index is 14.2. The van der Waals surface area contributed by atoms with Crippen LogP contribution in [-0.2, 0) is 11.2 Å². The van der Waals surface area contributed by atoms with Gasteiger partial charge in [0.15, 0.2) is 0 Å². The number of hydrogen-bond donors (Lipinski definition) is 0. The third-order valence-corrected chi connectivity index (χ3v) is 10.6. The fraction of sp³-hybridized carbons (Fsp3) is 0.750. The molecule has 1 aromatic rings. The fourth-order valence-corrected chi connectivity index (χ4v) is 8.95. The van der Waals surface area contributed by atoms with Gasteiger partial charge in [-0.15, -0.1) is 0 Å². The van der Waals surface area contributed by atoms with Gasteiger partial charge in [0, 0.05) is 12.3 Å². The summed E-state index contributed by atoms with van der Waals surface area (Å²) in [7, 11) is 0. The van der Waals surface area contributed by atoms with Gasteiger partial charge in [-0.2, -0.15) is 0 Å². The molecule has 0 aromatic heterocycles. The fourth-order valence-electron chi connectivity index (χ4n) is 8.95. The van der Waals surface area contributed by atoms with Crippen LogP contribution in [0.25, 0.3) is 0 Å². The Hall–Kier alpha value is -1.18. The Kier molecular flexibility index (Phi) is 5.14. The van der Waals surface area contributed by atoms with Gasteiger partial charge in [0.2, 0.25) is 0 Å². The van der Waals surface area contributed by atoms with Gasteiger partial charge in [0.25, 0.3) is 0 Å². The molecule has 7 unspecified atom stereocenters. The van der Waals surface area contributed by atoms with Gasteiger partial charge in [-0.25, -0.2) is 4.39 Å². The molecular weight excluding hydrogens is 371 g/mol. The Bertz CT molecular complexity index is 817. The molecule has 4 aliphatic rings. The van der Waals surface area contributed by atoms with Crippen LogP contribution in [0.3, 0.4) is 0 Å². The SMILES string of the molecule is C[C@H]1CCC2(C)C(CCC3C2CCC2(C)C(C(=O)Cc4ccccc4F)CCC32)C1. The van der Waals surface area contributed by atoms with Crippen molar-refractivity contribution in [3.63, 3.8) is 0 Å². The van der Waals surface area contributed by atoms with Crippen LogP contribution in [-0.4, -0.2) is 5.78 Å². The third-order valence-electron chi connectivity index (χ3n) is 10.6. The summed E-state index contributed by atoms with van der Waals surface area (Å²) >= 11 is 0. The number of benzene rings is 1. The second-order valence-electron chi connectivity index (χ2n) is 11.9. The van der Waals surface area contributed by atoms with Gasteiger partial charge >= 0.3 is 0 Å². The van der Waals surface area contributed by atoms with Crippen LogP contribution >= 0.6 is 0 Å². The summed E-state index contributed by atoms with van der Waals surface area (Å²) in [6.45, 7) is 7.49. The van der Waals surface area contributed by atoms with E-state index in [-0.39, 0.29) is 29.4 Å². The van der Waals surface area contributed by atoms with E-state index in [4.69, 9.17) is 0 Å². The first-order valence-corrected chi connectivity index (χ1v) is 12.6. The molecule has 5 rings (SSSR count). The normalized spacial score (nSPS) is 45.3. The lowest BCUT2D eigenvalue weighted by Crippen LogP contribution is -2.53. The Morgan fingerprint density at radius 3 is 2.50 bits per heavy atom. The van der Waals surface area contributed by atoms with Crippen molar-refractivity contribution < 1.29 is 9.18 Å². The van der Waals surface area contributed by atoms with E-state index in [1.165, 1.54) is 57.4 Å². The molecule has 0 saturated heterocycles. The van der Waals surface area contributed by atoms with E-state index in [9.17, 15) is 9.18 Å². The number of Topliss-reactive ketones (excluding diaryl/α,β-unsaturated/α-hetero) is 1. The Balaban J connectivity index is 1.35. The van der Waals surface area contributed by atoms with Crippen molar-refractivity contribution in [1.82, 2.24) is 0 Å². The lowest BCUT2D eigenvalue weighted by molar-refractivity contribution is -0.136. The van der Waals surface area contributed by atoms with Crippen molar-refractivity contribution in [2.45, 2.75) is 85.0 Å². The summed E-state index contributed by atoms with van der Waals surface area (Å²) in [6, 6.07) is 6.82. The molecule has 0 N–H and O–H groups in total. The molecule has 1 nitrogen and oxygen atoms in total. The number of halogens is 1. The molecule has 4 aliphatic carbocycles. The van der Waals surface area contributed by atoms with Crippen LogP contribution in [0.5, 0.6) is 0 Å². The molecule has 0 bridgehead atoms. The summed E-state index contributed by atoms with van der Waals surface area (Å²) in [5, 5.41) is 0. The first-order chi connectivity index (χ1) is 14.3. The zero-order chi connectivity index (χ0) is 21.1. The molecule has 0 heterocycles. The standard InChI is InChI=1S/C28H39FO/c1-18-12-14-27(2)20(16-18)8-9-21-22-10-11-24(28(22,3)15-13-23(21)27)26(30)17-19-6-4-5-7-25(19)29/h4-7,18,20-24H,8-17H2,1-3H3/t18-,20?,21?,22?,23?,24?,27?,28?/m0/s1. The molecule has 2 heteroatoms. The van der Waals surface area contributed by atoms with Crippen LogP contribution in [0, 0.1) is 52.2 Å². The van der Waals surface area contributed by atoms with E-state index in [0.29, 0.717) is 16.9 Å². The Labute approximate surface area is 182 Å². The van der Waals surface area contributed by atoms with Crippen molar-refractivity contribution in [2.24, 2.45) is 46.3 Å². The lowest BCUT2D eigenvalue weighted by Gasteiger charge is -2.61. The minimum absolute atomic E-state index is 0.125. The molecule has 1 aromatic carbocycles. The first-order valence-electron chi connectivity index (χ1n) is 12.6. The predicted molar refractivity (Wildman–Crippen MR) is 119 cm³/mol. The van der Waals surface area contributed by atoms with Gasteiger partial charge in [0.1, 0.15) is 11.6 Å².